The zero-order chi connectivity index (χ0) is 22.4. The van der Waals surface area contributed by atoms with Gasteiger partial charge in [0.15, 0.2) is 0 Å². The first-order chi connectivity index (χ1) is 14.9. The number of rotatable bonds is 12. The molecule has 2 aliphatic rings. The number of Topliss-reactive ketones (excluding diaryl/α,β-unsaturated/α-hetero) is 1. The lowest BCUT2D eigenvalue weighted by molar-refractivity contribution is -0.137. The normalized spacial score (nSPS) is 25.9. The Morgan fingerprint density at radius 3 is 2.39 bits per heavy atom. The quantitative estimate of drug-likeness (QED) is 0.399. The van der Waals surface area contributed by atoms with Crippen LogP contribution in [0.15, 0.2) is 24.3 Å². The van der Waals surface area contributed by atoms with Gasteiger partial charge < -0.3 is 15.3 Å². The fraction of sp³-hybridized carbons (Fsp3) is 0.692. The number of ketones is 1. The Balaban J connectivity index is 1.61. The molecule has 0 saturated heterocycles. The van der Waals surface area contributed by atoms with E-state index in [1.165, 1.54) is 6.42 Å². The second-order valence-electron chi connectivity index (χ2n) is 9.75. The summed E-state index contributed by atoms with van der Waals surface area (Å²) in [5, 5.41) is 30.3. The maximum absolute atomic E-state index is 12.5. The smallest absolute Gasteiger partial charge is 0.303 e. The second-order valence-corrected chi connectivity index (χ2v) is 9.75. The van der Waals surface area contributed by atoms with E-state index in [0.717, 1.165) is 62.5 Å². The largest absolute Gasteiger partial charge is 0.481 e. The summed E-state index contributed by atoms with van der Waals surface area (Å²) in [5.41, 5.74) is 1.93. The van der Waals surface area contributed by atoms with Crippen LogP contribution in [-0.4, -0.2) is 33.2 Å². The summed E-state index contributed by atoms with van der Waals surface area (Å²) < 4.78 is 0. The van der Waals surface area contributed by atoms with Gasteiger partial charge in [0.25, 0.3) is 0 Å². The average molecular weight is 431 g/mol. The van der Waals surface area contributed by atoms with Crippen LogP contribution in [0.5, 0.6) is 0 Å². The number of aliphatic carboxylic acids is 1. The molecule has 0 amide bonds. The van der Waals surface area contributed by atoms with Crippen molar-refractivity contribution < 1.29 is 24.9 Å². The molecular weight excluding hydrogens is 392 g/mol. The predicted octanol–water partition coefficient (Wildman–Crippen LogP) is 5.15. The third-order valence-corrected chi connectivity index (χ3v) is 7.64. The molecule has 0 spiro atoms. The third kappa shape index (κ3) is 5.56. The van der Waals surface area contributed by atoms with Crippen LogP contribution in [0.1, 0.15) is 107 Å². The maximum atomic E-state index is 12.5. The number of hydrogen-bond acceptors (Lipinski definition) is 4. The van der Waals surface area contributed by atoms with E-state index in [1.54, 1.807) is 0 Å². The third-order valence-electron chi connectivity index (χ3n) is 7.64. The molecule has 4 atom stereocenters. The molecule has 1 aromatic carbocycles. The number of benzene rings is 1. The van der Waals surface area contributed by atoms with Crippen LogP contribution < -0.4 is 0 Å². The van der Waals surface area contributed by atoms with E-state index in [-0.39, 0.29) is 35.9 Å². The number of carboxylic acids is 1. The molecule has 2 fully saturated rings. The molecule has 2 saturated carbocycles. The topological polar surface area (TPSA) is 94.8 Å². The predicted molar refractivity (Wildman–Crippen MR) is 120 cm³/mol. The van der Waals surface area contributed by atoms with Gasteiger partial charge >= 0.3 is 5.97 Å². The summed E-state index contributed by atoms with van der Waals surface area (Å²) in [5.74, 6) is -1.00. The van der Waals surface area contributed by atoms with Crippen molar-refractivity contribution in [2.24, 2.45) is 11.3 Å². The summed E-state index contributed by atoms with van der Waals surface area (Å²) in [4.78, 5) is 23.1. The van der Waals surface area contributed by atoms with Gasteiger partial charge in [-0.15, -0.1) is 0 Å². The van der Waals surface area contributed by atoms with Crippen LogP contribution in [0.4, 0.5) is 0 Å². The highest BCUT2D eigenvalue weighted by atomic mass is 16.4. The number of unbranched alkanes of at least 4 members (excludes halogenated alkanes) is 3. The molecule has 0 heterocycles. The lowest BCUT2D eigenvalue weighted by Crippen LogP contribution is -2.36. The van der Waals surface area contributed by atoms with E-state index in [1.807, 2.05) is 24.3 Å². The van der Waals surface area contributed by atoms with Crippen LogP contribution in [0, 0.1) is 11.3 Å². The van der Waals surface area contributed by atoms with Gasteiger partial charge in [-0.25, -0.2) is 0 Å². The van der Waals surface area contributed by atoms with Crippen molar-refractivity contribution in [2.75, 3.05) is 0 Å². The second kappa shape index (κ2) is 10.7. The lowest BCUT2D eigenvalue weighted by atomic mass is 9.61. The molecule has 172 valence electrons. The zero-order valence-electron chi connectivity index (χ0n) is 18.8. The van der Waals surface area contributed by atoms with Crippen molar-refractivity contribution in [2.45, 2.75) is 102 Å². The molecular formula is C26H38O5. The molecule has 1 aromatic rings. The highest BCUT2D eigenvalue weighted by molar-refractivity contribution is 5.85. The first kappa shape index (κ1) is 23.9. The highest BCUT2D eigenvalue weighted by Gasteiger charge is 2.44. The van der Waals surface area contributed by atoms with Crippen LogP contribution in [-0.2, 0) is 9.59 Å². The van der Waals surface area contributed by atoms with Crippen molar-refractivity contribution in [3.05, 3.63) is 35.4 Å². The van der Waals surface area contributed by atoms with E-state index >= 15 is 0 Å². The number of carbonyl (C=O) groups is 2. The van der Waals surface area contributed by atoms with Gasteiger partial charge in [-0.2, -0.15) is 0 Å². The monoisotopic (exact) mass is 430 g/mol. The summed E-state index contributed by atoms with van der Waals surface area (Å²) in [6, 6.07) is 7.94. The van der Waals surface area contributed by atoms with Crippen molar-refractivity contribution in [3.63, 3.8) is 0 Å². The number of aliphatic hydroxyl groups is 2. The molecule has 2 aliphatic carbocycles. The van der Waals surface area contributed by atoms with Gasteiger partial charge in [-0.1, -0.05) is 63.3 Å². The van der Waals surface area contributed by atoms with Crippen molar-refractivity contribution in [1.82, 2.24) is 0 Å². The Kier molecular flexibility index (Phi) is 8.29. The van der Waals surface area contributed by atoms with E-state index in [9.17, 15) is 19.8 Å². The Bertz CT molecular complexity index is 737. The van der Waals surface area contributed by atoms with E-state index in [0.29, 0.717) is 6.42 Å². The van der Waals surface area contributed by atoms with Crippen LogP contribution >= 0.6 is 0 Å². The van der Waals surface area contributed by atoms with Gasteiger partial charge in [0.2, 0.25) is 0 Å². The Hall–Kier alpha value is -1.72. The molecule has 0 aromatic heterocycles. The van der Waals surface area contributed by atoms with E-state index in [4.69, 9.17) is 5.11 Å². The molecule has 5 nitrogen and oxygen atoms in total. The van der Waals surface area contributed by atoms with Gasteiger partial charge in [-0.05, 0) is 43.2 Å². The minimum Gasteiger partial charge on any atom is -0.481 e. The van der Waals surface area contributed by atoms with Crippen molar-refractivity contribution in [1.29, 1.82) is 0 Å². The van der Waals surface area contributed by atoms with Crippen LogP contribution in [0.2, 0.25) is 0 Å². The molecule has 0 radical (unpaired) electrons. The molecule has 0 aliphatic heterocycles. The molecule has 2 unspecified atom stereocenters. The summed E-state index contributed by atoms with van der Waals surface area (Å²) in [6.07, 6.45) is 8.79. The van der Waals surface area contributed by atoms with Gasteiger partial charge in [0.1, 0.15) is 5.78 Å². The maximum Gasteiger partial charge on any atom is 0.303 e. The first-order valence-corrected chi connectivity index (χ1v) is 12.1. The Labute approximate surface area is 185 Å². The standard InChI is InChI=1S/C26H38O5/c1-2-14-26(15-7-16-26)25(31)19-12-10-18(11-13-19)24-20(21(27)17-22(24)28)8-5-3-4-6-9-23(29)30/h10-13,20,22,24-25,28,31H,2-9,14-17H2,1H3,(H,29,30)/t20?,22-,24-,25?/m1/s1. The number of carboxylic acid groups (broad SMARTS) is 1. The fourth-order valence-corrected chi connectivity index (χ4v) is 5.78. The number of carbonyl (C=O) groups excluding carboxylic acids is 1. The molecule has 3 N–H and O–H groups in total. The van der Waals surface area contributed by atoms with Gasteiger partial charge in [-0.3, -0.25) is 9.59 Å². The summed E-state index contributed by atoms with van der Waals surface area (Å²) >= 11 is 0. The first-order valence-electron chi connectivity index (χ1n) is 12.1. The SMILES string of the molecule is CCCC1(C(O)c2ccc([C@@H]3C(CCCCCCC(=O)O)C(=O)C[C@H]3O)cc2)CCC1. The molecule has 3 rings (SSSR count). The fourth-order valence-electron chi connectivity index (χ4n) is 5.78. The van der Waals surface area contributed by atoms with Crippen LogP contribution in [0.25, 0.3) is 0 Å². The van der Waals surface area contributed by atoms with E-state index in [2.05, 4.69) is 6.92 Å². The summed E-state index contributed by atoms with van der Waals surface area (Å²) in [6.45, 7) is 2.17. The lowest BCUT2D eigenvalue weighted by Gasteiger charge is -2.46. The van der Waals surface area contributed by atoms with Crippen molar-refractivity contribution in [3.8, 4) is 0 Å². The molecule has 0 bridgehead atoms. The number of hydrogen-bond donors (Lipinski definition) is 3. The number of aliphatic hydroxyl groups excluding tert-OH is 2. The van der Waals surface area contributed by atoms with Crippen molar-refractivity contribution >= 4 is 11.8 Å². The zero-order valence-corrected chi connectivity index (χ0v) is 18.8. The highest BCUT2D eigenvalue weighted by Crippen LogP contribution is 2.53. The average Bonchev–Trinajstić information content (AvgIpc) is 2.99. The minimum absolute atomic E-state index is 0.0161. The Morgan fingerprint density at radius 1 is 1.13 bits per heavy atom. The minimum atomic E-state index is -0.763. The van der Waals surface area contributed by atoms with Gasteiger partial charge in [0.05, 0.1) is 12.2 Å². The molecule has 31 heavy (non-hydrogen) atoms. The summed E-state index contributed by atoms with van der Waals surface area (Å²) in [7, 11) is 0. The van der Waals surface area contributed by atoms with E-state index < -0.39 is 18.2 Å². The molecule has 5 heteroatoms. The van der Waals surface area contributed by atoms with Gasteiger partial charge in [0, 0.05) is 30.1 Å². The Morgan fingerprint density at radius 2 is 1.81 bits per heavy atom. The van der Waals surface area contributed by atoms with Crippen LogP contribution in [0.3, 0.4) is 0 Å².